The van der Waals surface area contributed by atoms with Gasteiger partial charge in [-0.05, 0) is 42.2 Å². The van der Waals surface area contributed by atoms with E-state index in [1.54, 1.807) is 7.11 Å². The summed E-state index contributed by atoms with van der Waals surface area (Å²) in [5.74, 6) is 0.823. The van der Waals surface area contributed by atoms with Crippen LogP contribution in [0.2, 0.25) is 0 Å². The number of anilines is 1. The molecule has 4 aliphatic rings. The number of carbonyl (C=O) groups excluding carboxylic acids is 2. The molecular formula is C25H26N2O4. The highest BCUT2D eigenvalue weighted by Crippen LogP contribution is 2.57. The molecule has 0 N–H and O–H groups in total. The number of hydrogen-bond acceptors (Lipinski definition) is 4. The molecule has 3 atom stereocenters. The van der Waals surface area contributed by atoms with E-state index >= 15 is 0 Å². The van der Waals surface area contributed by atoms with Gasteiger partial charge in [-0.15, -0.1) is 0 Å². The van der Waals surface area contributed by atoms with Crippen molar-refractivity contribution in [2.75, 3.05) is 12.0 Å². The largest absolute Gasteiger partial charge is 0.497 e. The van der Waals surface area contributed by atoms with Crippen molar-refractivity contribution in [1.82, 2.24) is 4.90 Å². The topological polar surface area (TPSA) is 59.1 Å². The van der Waals surface area contributed by atoms with Crippen LogP contribution in [-0.2, 0) is 27.3 Å². The molecule has 0 unspecified atom stereocenters. The van der Waals surface area contributed by atoms with Gasteiger partial charge in [0.25, 0.3) is 5.91 Å². The molecule has 0 radical (unpaired) electrons. The number of para-hydroxylation sites is 1. The smallest absolute Gasteiger partial charge is 0.258 e. The average Bonchev–Trinajstić information content (AvgIpc) is 3.27. The molecule has 6 nitrogen and oxygen atoms in total. The third kappa shape index (κ3) is 2.42. The van der Waals surface area contributed by atoms with Gasteiger partial charge >= 0.3 is 0 Å². The van der Waals surface area contributed by atoms with Crippen LogP contribution in [0.15, 0.2) is 48.5 Å². The average molecular weight is 418 g/mol. The first-order valence-electron chi connectivity index (χ1n) is 11.1. The standard InChI is InChI=1S/C25H26N2O4/c1-30-19-10-8-17(9-11-19)16-26-21(28)15-24-12-4-5-13-25(24,26)23(29)27-20-7-3-2-6-18(20)14-22(27)31-24/h2-3,6-11,22H,4-5,12-16H2,1H3/t22-,24-,25-/m0/s1. The van der Waals surface area contributed by atoms with Gasteiger partial charge in [0.2, 0.25) is 5.91 Å². The predicted molar refractivity (Wildman–Crippen MR) is 115 cm³/mol. The van der Waals surface area contributed by atoms with Crippen molar-refractivity contribution in [1.29, 1.82) is 0 Å². The van der Waals surface area contributed by atoms with Crippen LogP contribution in [0.25, 0.3) is 0 Å². The number of fused-ring (bicyclic) bond motifs is 3. The highest BCUT2D eigenvalue weighted by atomic mass is 16.5. The van der Waals surface area contributed by atoms with Gasteiger partial charge in [0.1, 0.15) is 17.6 Å². The number of nitrogens with zero attached hydrogens (tertiary/aromatic N) is 2. The molecule has 6 heteroatoms. The molecule has 0 aromatic heterocycles. The maximum atomic E-state index is 14.3. The van der Waals surface area contributed by atoms with E-state index in [9.17, 15) is 9.59 Å². The highest BCUT2D eigenvalue weighted by molar-refractivity contribution is 6.08. The first-order valence-corrected chi connectivity index (χ1v) is 11.1. The Morgan fingerprint density at radius 2 is 1.84 bits per heavy atom. The van der Waals surface area contributed by atoms with Crippen molar-refractivity contribution in [2.45, 2.75) is 62.4 Å². The van der Waals surface area contributed by atoms with Gasteiger partial charge in [-0.1, -0.05) is 43.2 Å². The van der Waals surface area contributed by atoms with E-state index in [1.165, 1.54) is 0 Å². The van der Waals surface area contributed by atoms with E-state index < -0.39 is 11.1 Å². The summed E-state index contributed by atoms with van der Waals surface area (Å²) >= 11 is 0. The van der Waals surface area contributed by atoms with Crippen LogP contribution in [0.1, 0.15) is 43.2 Å². The molecule has 0 spiro atoms. The Balaban J connectivity index is 1.44. The summed E-state index contributed by atoms with van der Waals surface area (Å²) in [6.07, 6.45) is 3.97. The normalized spacial score (nSPS) is 31.2. The van der Waals surface area contributed by atoms with Crippen molar-refractivity contribution >= 4 is 17.5 Å². The maximum Gasteiger partial charge on any atom is 0.258 e. The summed E-state index contributed by atoms with van der Waals surface area (Å²) in [5.41, 5.74) is 1.39. The number of amides is 2. The summed E-state index contributed by atoms with van der Waals surface area (Å²) in [5, 5.41) is 0. The number of likely N-dealkylation sites (tertiary alicyclic amines) is 1. The minimum absolute atomic E-state index is 0.0144. The summed E-state index contributed by atoms with van der Waals surface area (Å²) in [7, 11) is 1.64. The molecule has 31 heavy (non-hydrogen) atoms. The number of rotatable bonds is 3. The second-order valence-corrected chi connectivity index (χ2v) is 9.15. The Morgan fingerprint density at radius 3 is 2.65 bits per heavy atom. The van der Waals surface area contributed by atoms with E-state index in [0.717, 1.165) is 41.8 Å². The Morgan fingerprint density at radius 1 is 1.06 bits per heavy atom. The molecule has 160 valence electrons. The fraction of sp³-hybridized carbons (Fsp3) is 0.440. The van der Waals surface area contributed by atoms with E-state index in [4.69, 9.17) is 9.47 Å². The Hall–Kier alpha value is -2.86. The van der Waals surface area contributed by atoms with Gasteiger partial charge in [0.15, 0.2) is 5.54 Å². The summed E-state index contributed by atoms with van der Waals surface area (Å²) in [4.78, 5) is 31.3. The van der Waals surface area contributed by atoms with Crippen LogP contribution < -0.4 is 9.64 Å². The van der Waals surface area contributed by atoms with E-state index in [0.29, 0.717) is 19.4 Å². The summed E-state index contributed by atoms with van der Waals surface area (Å²) in [6.45, 7) is 0.403. The number of carbonyl (C=O) groups is 2. The summed E-state index contributed by atoms with van der Waals surface area (Å²) < 4.78 is 12.0. The molecule has 3 aliphatic heterocycles. The predicted octanol–water partition coefficient (Wildman–Crippen LogP) is 3.42. The Labute approximate surface area is 181 Å². The van der Waals surface area contributed by atoms with E-state index in [1.807, 2.05) is 52.3 Å². The first kappa shape index (κ1) is 18.9. The zero-order valence-corrected chi connectivity index (χ0v) is 17.7. The molecule has 3 fully saturated rings. The van der Waals surface area contributed by atoms with E-state index in [-0.39, 0.29) is 24.5 Å². The van der Waals surface area contributed by atoms with Crippen LogP contribution >= 0.6 is 0 Å². The molecule has 1 aliphatic carbocycles. The highest BCUT2D eigenvalue weighted by Gasteiger charge is 2.73. The molecule has 0 bridgehead atoms. The first-order chi connectivity index (χ1) is 15.1. The van der Waals surface area contributed by atoms with Crippen LogP contribution in [-0.4, -0.2) is 41.2 Å². The minimum atomic E-state index is -0.934. The molecule has 2 amide bonds. The second kappa shape index (κ2) is 6.57. The van der Waals surface area contributed by atoms with E-state index in [2.05, 4.69) is 6.07 Å². The fourth-order valence-electron chi connectivity index (χ4n) is 6.29. The van der Waals surface area contributed by atoms with Gasteiger partial charge in [0, 0.05) is 18.7 Å². The number of hydrogen-bond donors (Lipinski definition) is 0. The molecule has 2 aromatic rings. The van der Waals surface area contributed by atoms with Crippen molar-refractivity contribution in [3.63, 3.8) is 0 Å². The molecule has 2 aromatic carbocycles. The van der Waals surface area contributed by atoms with Gasteiger partial charge in [0.05, 0.1) is 13.5 Å². The van der Waals surface area contributed by atoms with Crippen molar-refractivity contribution in [3.8, 4) is 5.75 Å². The molecule has 1 saturated carbocycles. The zero-order chi connectivity index (χ0) is 21.2. The lowest BCUT2D eigenvalue weighted by Gasteiger charge is -2.56. The number of benzene rings is 2. The van der Waals surface area contributed by atoms with Crippen LogP contribution in [0.3, 0.4) is 0 Å². The number of ether oxygens (including phenoxy) is 2. The third-order valence-electron chi connectivity index (χ3n) is 7.69. The summed E-state index contributed by atoms with van der Waals surface area (Å²) in [6, 6.07) is 15.8. The second-order valence-electron chi connectivity index (χ2n) is 9.15. The van der Waals surface area contributed by atoms with Gasteiger partial charge < -0.3 is 14.4 Å². The molecule has 3 heterocycles. The van der Waals surface area contributed by atoms with Gasteiger partial charge in [-0.2, -0.15) is 0 Å². The lowest BCUT2D eigenvalue weighted by molar-refractivity contribution is -0.198. The lowest BCUT2D eigenvalue weighted by atomic mass is 9.67. The van der Waals surface area contributed by atoms with Crippen molar-refractivity contribution in [2.24, 2.45) is 0 Å². The fourth-order valence-corrected chi connectivity index (χ4v) is 6.29. The van der Waals surface area contributed by atoms with Gasteiger partial charge in [-0.25, -0.2) is 0 Å². The zero-order valence-electron chi connectivity index (χ0n) is 17.7. The lowest BCUT2D eigenvalue weighted by Crippen LogP contribution is -2.74. The maximum absolute atomic E-state index is 14.3. The Bertz CT molecular complexity index is 1070. The quantitative estimate of drug-likeness (QED) is 0.766. The monoisotopic (exact) mass is 418 g/mol. The van der Waals surface area contributed by atoms with Crippen LogP contribution in [0, 0.1) is 0 Å². The van der Waals surface area contributed by atoms with Crippen molar-refractivity contribution in [3.05, 3.63) is 59.7 Å². The van der Waals surface area contributed by atoms with Crippen molar-refractivity contribution < 1.29 is 19.1 Å². The third-order valence-corrected chi connectivity index (χ3v) is 7.69. The SMILES string of the molecule is COc1ccc(CN2C(=O)C[C@@]34CCCC[C@@]23C(=O)N2c3ccccc3C[C@@H]2O4)cc1. The molecule has 6 rings (SSSR count). The van der Waals surface area contributed by atoms with Crippen LogP contribution in [0.4, 0.5) is 5.69 Å². The molecular weight excluding hydrogens is 392 g/mol. The Kier molecular flexibility index (Phi) is 4.00. The van der Waals surface area contributed by atoms with Gasteiger partial charge in [-0.3, -0.25) is 14.5 Å². The minimum Gasteiger partial charge on any atom is -0.497 e. The van der Waals surface area contributed by atoms with Crippen LogP contribution in [0.5, 0.6) is 5.75 Å². The molecule has 2 saturated heterocycles. The number of methoxy groups -OCH3 is 1.